The lowest BCUT2D eigenvalue weighted by atomic mass is 10.2. The summed E-state index contributed by atoms with van der Waals surface area (Å²) >= 11 is 3.48. The normalized spacial score (nSPS) is 9.93. The molecule has 0 aliphatic carbocycles. The van der Waals surface area contributed by atoms with Crippen LogP contribution in [0.5, 0.6) is 0 Å². The lowest BCUT2D eigenvalue weighted by Crippen LogP contribution is -1.92. The first-order valence-electron chi connectivity index (χ1n) is 15.3. The summed E-state index contributed by atoms with van der Waals surface area (Å²) in [5, 5.41) is 4.23. The topological polar surface area (TPSA) is 40.6 Å². The Balaban J connectivity index is 0.000000535. The Bertz CT molecular complexity index is 1340. The predicted octanol–water partition coefficient (Wildman–Crippen LogP) is 10.9. The first-order chi connectivity index (χ1) is 20.2. The third kappa shape index (κ3) is 11.4. The Hall–Kier alpha value is -2.90. The van der Waals surface area contributed by atoms with Crippen molar-refractivity contribution in [3.63, 3.8) is 0 Å². The number of thiophene rings is 1. The lowest BCUT2D eigenvalue weighted by Gasteiger charge is -1.93. The summed E-state index contributed by atoms with van der Waals surface area (Å²) in [6.07, 6.45) is 4.31. The third-order valence-corrected chi connectivity index (χ3v) is 11.5. The van der Waals surface area contributed by atoms with Crippen molar-refractivity contribution in [2.24, 2.45) is 21.1 Å². The molecule has 5 aromatic rings. The quantitative estimate of drug-likeness (QED) is 0.167. The summed E-state index contributed by atoms with van der Waals surface area (Å²) < 4.78 is 10.4. The molecule has 0 spiro atoms. The molecular formula is C38H63N5S2. The van der Waals surface area contributed by atoms with E-state index in [-0.39, 0.29) is 7.43 Å². The maximum atomic E-state index is 4.23. The van der Waals surface area contributed by atoms with E-state index in [1.165, 1.54) is 81.9 Å². The van der Waals surface area contributed by atoms with Crippen molar-refractivity contribution >= 4 is 22.9 Å². The van der Waals surface area contributed by atoms with Crippen LogP contribution in [0.2, 0.25) is 0 Å². The number of aryl methyl sites for hydroxylation is 10. The van der Waals surface area contributed by atoms with Gasteiger partial charge in [0.15, 0.2) is 0 Å². The van der Waals surface area contributed by atoms with Crippen LogP contribution in [0.15, 0.2) is 12.4 Å². The van der Waals surface area contributed by atoms with Crippen molar-refractivity contribution in [3.05, 3.63) is 100 Å². The van der Waals surface area contributed by atoms with Crippen LogP contribution in [-0.2, 0) is 21.1 Å². The summed E-state index contributed by atoms with van der Waals surface area (Å²) in [6, 6.07) is 0. The Morgan fingerprint density at radius 2 is 0.867 bits per heavy atom. The van der Waals surface area contributed by atoms with Gasteiger partial charge in [0.25, 0.3) is 0 Å². The molecule has 0 saturated heterocycles. The van der Waals surface area contributed by atoms with Crippen LogP contribution in [0, 0.1) is 111 Å². The molecule has 0 N–H and O–H groups in total. The summed E-state index contributed by atoms with van der Waals surface area (Å²) in [5.74, 6) is 0. The average molecular weight is 654 g/mol. The monoisotopic (exact) mass is 653 g/mol. The van der Waals surface area contributed by atoms with Gasteiger partial charge in [-0.25, -0.2) is 0 Å². The smallest absolute Gasteiger partial charge is 0.0625 e. The van der Waals surface area contributed by atoms with Gasteiger partial charge in [-0.15, -0.1) is 11.3 Å². The van der Waals surface area contributed by atoms with Gasteiger partial charge in [-0.3, -0.25) is 4.68 Å². The van der Waals surface area contributed by atoms with Gasteiger partial charge in [0, 0.05) is 65.2 Å². The number of hydrogen-bond acceptors (Lipinski definition) is 4. The molecule has 5 heterocycles. The van der Waals surface area contributed by atoms with E-state index in [9.17, 15) is 0 Å². The zero-order valence-corrected chi connectivity index (χ0v) is 32.8. The van der Waals surface area contributed by atoms with Gasteiger partial charge in [-0.2, -0.15) is 9.47 Å². The molecule has 0 aromatic carbocycles. The third-order valence-electron chi connectivity index (χ3n) is 9.29. The van der Waals surface area contributed by atoms with E-state index in [1.807, 2.05) is 36.9 Å². The molecule has 0 unspecified atom stereocenters. The fourth-order valence-corrected chi connectivity index (χ4v) is 6.15. The molecule has 5 nitrogen and oxygen atoms in total. The first-order valence-corrected chi connectivity index (χ1v) is 16.9. The van der Waals surface area contributed by atoms with Crippen LogP contribution in [0.4, 0.5) is 0 Å². The molecule has 0 atom stereocenters. The van der Waals surface area contributed by atoms with Crippen LogP contribution < -0.4 is 0 Å². The minimum atomic E-state index is 0. The molecule has 5 aromatic heterocycles. The van der Waals surface area contributed by atoms with E-state index >= 15 is 0 Å². The molecule has 0 radical (unpaired) electrons. The highest BCUT2D eigenvalue weighted by atomic mass is 32.1. The van der Waals surface area contributed by atoms with Crippen molar-refractivity contribution in [2.45, 2.75) is 118 Å². The number of nitrogens with zero attached hydrogens (tertiary/aromatic N) is 5. The molecular weight excluding hydrogens is 591 g/mol. The number of rotatable bonds is 0. The van der Waals surface area contributed by atoms with Gasteiger partial charge in [-0.05, 0) is 167 Å². The van der Waals surface area contributed by atoms with Crippen molar-refractivity contribution in [1.29, 1.82) is 0 Å². The van der Waals surface area contributed by atoms with Crippen LogP contribution >= 0.6 is 22.9 Å². The fourth-order valence-electron chi connectivity index (χ4n) is 4.39. The molecule has 0 aliphatic rings. The van der Waals surface area contributed by atoms with Gasteiger partial charge >= 0.3 is 0 Å². The number of hydrogen-bond donors (Lipinski definition) is 0. The Labute approximate surface area is 284 Å². The summed E-state index contributed by atoms with van der Waals surface area (Å²) in [5.41, 5.74) is 17.5. The van der Waals surface area contributed by atoms with Crippen molar-refractivity contribution in [1.82, 2.24) is 23.3 Å². The second-order valence-corrected chi connectivity index (χ2v) is 14.5. The maximum Gasteiger partial charge on any atom is 0.0625 e. The highest BCUT2D eigenvalue weighted by Crippen LogP contribution is 2.25. The summed E-state index contributed by atoms with van der Waals surface area (Å²) in [6.45, 7) is 34.1. The first kappa shape index (κ1) is 42.1. The summed E-state index contributed by atoms with van der Waals surface area (Å²) in [7, 11) is 6.12. The van der Waals surface area contributed by atoms with Gasteiger partial charge in [0.1, 0.15) is 0 Å². The molecule has 0 saturated carbocycles. The van der Waals surface area contributed by atoms with Gasteiger partial charge in [-0.1, -0.05) is 7.43 Å². The highest BCUT2D eigenvalue weighted by Gasteiger charge is 2.03. The second kappa shape index (κ2) is 18.3. The van der Waals surface area contributed by atoms with E-state index in [0.717, 1.165) is 5.69 Å². The van der Waals surface area contributed by atoms with Crippen LogP contribution in [0.25, 0.3) is 0 Å². The molecule has 45 heavy (non-hydrogen) atoms. The molecule has 0 aliphatic heterocycles. The fraction of sp³-hybridized carbons (Fsp3) is 0.526. The van der Waals surface area contributed by atoms with Crippen molar-refractivity contribution < 1.29 is 0 Å². The van der Waals surface area contributed by atoms with Gasteiger partial charge < -0.3 is 9.13 Å². The van der Waals surface area contributed by atoms with E-state index in [0.29, 0.717) is 0 Å². The lowest BCUT2D eigenvalue weighted by molar-refractivity contribution is 0.730. The molecule has 252 valence electrons. The minimum Gasteiger partial charge on any atom is -0.354 e. The zero-order chi connectivity index (χ0) is 34.2. The minimum absolute atomic E-state index is 0. The molecule has 0 fully saturated rings. The standard InChI is InChI=1S/2C8H13N.C8H12S.C7H12N2.C6H9NS.CH4/c2*1-6-5-9(4)8(3)7(6)2;1-5-6(2)8(4)9-7(5)3;1-5-6(2)8-9(4)7(5)3;1-4-5(2)7-8-6(4)3;/h2*5H,1-4H3;2*1-4H3;1-3H3;1H4. The molecule has 5 rings (SSSR count). The highest BCUT2D eigenvalue weighted by molar-refractivity contribution is 7.12. The van der Waals surface area contributed by atoms with Crippen LogP contribution in [0.1, 0.15) is 95.0 Å². The van der Waals surface area contributed by atoms with E-state index in [1.54, 1.807) is 11.5 Å². The Morgan fingerprint density at radius 3 is 0.956 bits per heavy atom. The van der Waals surface area contributed by atoms with Gasteiger partial charge in [0.2, 0.25) is 0 Å². The van der Waals surface area contributed by atoms with Gasteiger partial charge in [0.05, 0.1) is 11.4 Å². The molecule has 0 amide bonds. The average Bonchev–Trinajstić information content (AvgIpc) is 3.62. The second-order valence-electron chi connectivity index (χ2n) is 12.1. The van der Waals surface area contributed by atoms with E-state index < -0.39 is 0 Å². The summed E-state index contributed by atoms with van der Waals surface area (Å²) in [4.78, 5) is 4.26. The predicted molar refractivity (Wildman–Crippen MR) is 203 cm³/mol. The van der Waals surface area contributed by atoms with Crippen LogP contribution in [-0.4, -0.2) is 23.3 Å². The largest absolute Gasteiger partial charge is 0.354 e. The SMILES string of the molecule is C.Cc1cn(C)c(C)c1C.Cc1cn(C)c(C)c1C.Cc1nn(C)c(C)c1C.Cc1nsc(C)c1C.Cc1sc(C)c(C)c1C. The Morgan fingerprint density at radius 1 is 0.467 bits per heavy atom. The number of aromatic nitrogens is 5. The van der Waals surface area contributed by atoms with E-state index in [4.69, 9.17) is 0 Å². The van der Waals surface area contributed by atoms with Crippen molar-refractivity contribution in [2.75, 3.05) is 0 Å². The zero-order valence-electron chi connectivity index (χ0n) is 31.2. The molecule has 0 bridgehead atoms. The van der Waals surface area contributed by atoms with Crippen LogP contribution in [0.3, 0.4) is 0 Å². The molecule has 7 heteroatoms. The van der Waals surface area contributed by atoms with Crippen molar-refractivity contribution in [3.8, 4) is 0 Å². The maximum absolute atomic E-state index is 4.23. The Kier molecular flexibility index (Phi) is 17.1. The van der Waals surface area contributed by atoms with E-state index in [2.05, 4.69) is 142 Å².